The fraction of sp³-hybridized carbons (Fsp3) is 0.593. The number of nitrogens with zero attached hydrogens (tertiary/aromatic N) is 3. The second-order valence-corrected chi connectivity index (χ2v) is 10.5. The van der Waals surface area contributed by atoms with Crippen LogP contribution in [-0.2, 0) is 4.79 Å². The molecule has 1 aliphatic carbocycles. The molecule has 2 aromatic heterocycles. The highest BCUT2D eigenvalue weighted by Gasteiger charge is 2.28. The van der Waals surface area contributed by atoms with E-state index in [4.69, 9.17) is 4.98 Å². The molecule has 0 spiro atoms. The number of aromatic nitrogens is 4. The zero-order valence-corrected chi connectivity index (χ0v) is 19.9. The van der Waals surface area contributed by atoms with Crippen LogP contribution in [-0.4, -0.2) is 44.3 Å². The summed E-state index contributed by atoms with van der Waals surface area (Å²) in [5.41, 5.74) is 4.99. The van der Waals surface area contributed by atoms with E-state index in [1.807, 2.05) is 11.1 Å². The zero-order chi connectivity index (χ0) is 22.9. The van der Waals surface area contributed by atoms with Gasteiger partial charge in [-0.25, -0.2) is 9.97 Å². The summed E-state index contributed by atoms with van der Waals surface area (Å²) in [6, 6.07) is 7.38. The van der Waals surface area contributed by atoms with Gasteiger partial charge in [-0.3, -0.25) is 4.79 Å². The van der Waals surface area contributed by atoms with E-state index in [1.54, 1.807) is 0 Å². The van der Waals surface area contributed by atoms with Crippen molar-refractivity contribution in [2.24, 2.45) is 0 Å². The molecule has 180 valence electrons. The summed E-state index contributed by atoms with van der Waals surface area (Å²) >= 11 is 0. The number of rotatable bonds is 5. The molecule has 1 saturated carbocycles. The van der Waals surface area contributed by atoms with E-state index in [9.17, 15) is 4.79 Å². The monoisotopic (exact) mass is 460 g/mol. The van der Waals surface area contributed by atoms with E-state index in [1.165, 1.54) is 68.1 Å². The lowest BCUT2D eigenvalue weighted by Gasteiger charge is -2.24. The summed E-state index contributed by atoms with van der Waals surface area (Å²) in [7, 11) is 0. The smallest absolute Gasteiger partial charge is 0.210 e. The Kier molecular flexibility index (Phi) is 6.12. The van der Waals surface area contributed by atoms with E-state index in [-0.39, 0.29) is 6.04 Å². The van der Waals surface area contributed by atoms with E-state index in [2.05, 4.69) is 38.5 Å². The van der Waals surface area contributed by atoms with Crippen LogP contribution in [0.25, 0.3) is 11.0 Å². The number of carbonyl (C=O) groups excluding carboxylic acids is 1. The van der Waals surface area contributed by atoms with Crippen molar-refractivity contribution in [3.63, 3.8) is 0 Å². The molecule has 2 atom stereocenters. The van der Waals surface area contributed by atoms with Crippen molar-refractivity contribution in [1.29, 1.82) is 0 Å². The van der Waals surface area contributed by atoms with Crippen LogP contribution in [0.5, 0.6) is 0 Å². The van der Waals surface area contributed by atoms with Crippen molar-refractivity contribution >= 4 is 17.4 Å². The fourth-order valence-electron chi connectivity index (χ4n) is 6.48. The Hall–Kier alpha value is -2.67. The molecule has 3 fully saturated rings. The van der Waals surface area contributed by atoms with Crippen molar-refractivity contribution < 1.29 is 4.79 Å². The highest BCUT2D eigenvalue weighted by molar-refractivity contribution is 5.76. The van der Waals surface area contributed by atoms with Gasteiger partial charge in [0.2, 0.25) is 6.41 Å². The average Bonchev–Trinajstić information content (AvgIpc) is 3.64. The lowest BCUT2D eigenvalue weighted by Crippen LogP contribution is -2.22. The Balaban J connectivity index is 1.10. The number of hydrogen-bond donors (Lipinski definition) is 3. The van der Waals surface area contributed by atoms with Crippen LogP contribution in [0, 0.1) is 0 Å². The third-order valence-electron chi connectivity index (χ3n) is 8.40. The van der Waals surface area contributed by atoms with Crippen LogP contribution in [0.3, 0.4) is 0 Å². The molecule has 0 bridgehead atoms. The molecular formula is C27H36N6O. The van der Waals surface area contributed by atoms with Crippen molar-refractivity contribution in [3.05, 3.63) is 47.3 Å². The number of benzene rings is 1. The van der Waals surface area contributed by atoms with Gasteiger partial charge in [-0.15, -0.1) is 0 Å². The molecule has 3 aliphatic rings. The molecule has 2 saturated heterocycles. The van der Waals surface area contributed by atoms with Crippen LogP contribution >= 0.6 is 0 Å². The van der Waals surface area contributed by atoms with E-state index >= 15 is 0 Å². The summed E-state index contributed by atoms with van der Waals surface area (Å²) in [6.07, 6.45) is 14.8. The molecule has 3 N–H and O–H groups in total. The maximum absolute atomic E-state index is 11.3. The van der Waals surface area contributed by atoms with E-state index < -0.39 is 0 Å². The topological polar surface area (TPSA) is 89.7 Å². The molecule has 2 unspecified atom stereocenters. The standard InChI is InChI=1S/C27H36N6O/c34-17-33-14-4-10-25(33)27-29-16-24(32-27)19-7-1-5-18(6-2-8-19)20-11-12-21-23(15-20)31-26(30-21)22-9-3-13-28-22/h11-12,15-19,22,25,28H,1-10,13-14H2,(H,29,32)(H,30,31). The van der Waals surface area contributed by atoms with Crippen molar-refractivity contribution in [1.82, 2.24) is 30.2 Å². The van der Waals surface area contributed by atoms with Crippen LogP contribution in [0.15, 0.2) is 24.4 Å². The predicted molar refractivity (Wildman–Crippen MR) is 133 cm³/mol. The van der Waals surface area contributed by atoms with Gasteiger partial charge < -0.3 is 20.2 Å². The molecule has 6 rings (SSSR count). The minimum atomic E-state index is 0.131. The summed E-state index contributed by atoms with van der Waals surface area (Å²) in [5.74, 6) is 3.24. The first-order valence-corrected chi connectivity index (χ1v) is 13.3. The number of hydrogen-bond acceptors (Lipinski definition) is 4. The van der Waals surface area contributed by atoms with Crippen molar-refractivity contribution in [2.75, 3.05) is 13.1 Å². The number of imidazole rings is 2. The largest absolute Gasteiger partial charge is 0.344 e. The van der Waals surface area contributed by atoms with Gasteiger partial charge in [-0.2, -0.15) is 0 Å². The van der Waals surface area contributed by atoms with E-state index in [0.717, 1.165) is 49.5 Å². The van der Waals surface area contributed by atoms with Gasteiger partial charge in [0.15, 0.2) is 0 Å². The Bertz CT molecular complexity index is 1120. The molecule has 0 radical (unpaired) electrons. The molecule has 7 nitrogen and oxygen atoms in total. The van der Waals surface area contributed by atoms with Gasteiger partial charge >= 0.3 is 0 Å². The first kappa shape index (κ1) is 21.8. The second kappa shape index (κ2) is 9.53. The average molecular weight is 461 g/mol. The Labute approximate surface area is 201 Å². The SMILES string of the molecule is O=CN1CCCC1c1ncc(C2CCCC(c3ccc4nc(C5CCCN5)[nH]c4c3)CCC2)[nH]1. The molecular weight excluding hydrogens is 424 g/mol. The molecule has 4 heterocycles. The van der Waals surface area contributed by atoms with Gasteiger partial charge in [0, 0.05) is 24.4 Å². The number of H-pyrrole nitrogens is 2. The summed E-state index contributed by atoms with van der Waals surface area (Å²) in [5, 5.41) is 3.55. The first-order valence-electron chi connectivity index (χ1n) is 13.3. The van der Waals surface area contributed by atoms with Crippen molar-refractivity contribution in [3.8, 4) is 0 Å². The molecule has 2 aliphatic heterocycles. The second-order valence-electron chi connectivity index (χ2n) is 10.5. The minimum Gasteiger partial charge on any atom is -0.344 e. The number of carbonyl (C=O) groups is 1. The maximum atomic E-state index is 11.3. The normalized spacial score (nSPS) is 28.3. The van der Waals surface area contributed by atoms with Crippen LogP contribution in [0.4, 0.5) is 0 Å². The third kappa shape index (κ3) is 4.26. The number of amides is 1. The summed E-state index contributed by atoms with van der Waals surface area (Å²) < 4.78 is 0. The molecule has 1 aromatic carbocycles. The molecule has 1 amide bonds. The minimum absolute atomic E-state index is 0.131. The van der Waals surface area contributed by atoms with Crippen LogP contribution in [0.2, 0.25) is 0 Å². The number of likely N-dealkylation sites (tertiary alicyclic amines) is 1. The molecule has 3 aromatic rings. The maximum Gasteiger partial charge on any atom is 0.210 e. The number of nitrogens with one attached hydrogen (secondary N) is 3. The van der Waals surface area contributed by atoms with Gasteiger partial charge in [0.1, 0.15) is 11.6 Å². The third-order valence-corrected chi connectivity index (χ3v) is 8.40. The quantitative estimate of drug-likeness (QED) is 0.455. The lowest BCUT2D eigenvalue weighted by molar-refractivity contribution is -0.119. The van der Waals surface area contributed by atoms with Gasteiger partial charge in [0.25, 0.3) is 0 Å². The number of aromatic amines is 2. The zero-order valence-electron chi connectivity index (χ0n) is 19.9. The Morgan fingerprint density at radius 2 is 1.76 bits per heavy atom. The van der Waals surface area contributed by atoms with Gasteiger partial charge in [-0.1, -0.05) is 18.9 Å². The first-order chi connectivity index (χ1) is 16.8. The van der Waals surface area contributed by atoms with Crippen LogP contribution < -0.4 is 5.32 Å². The fourth-order valence-corrected chi connectivity index (χ4v) is 6.48. The number of fused-ring (bicyclic) bond motifs is 1. The van der Waals surface area contributed by atoms with E-state index in [0.29, 0.717) is 17.9 Å². The molecule has 7 heteroatoms. The highest BCUT2D eigenvalue weighted by atomic mass is 16.1. The van der Waals surface area contributed by atoms with Gasteiger partial charge in [-0.05, 0) is 81.5 Å². The lowest BCUT2D eigenvalue weighted by atomic mass is 9.81. The summed E-state index contributed by atoms with van der Waals surface area (Å²) in [6.45, 7) is 1.94. The van der Waals surface area contributed by atoms with Crippen LogP contribution in [0.1, 0.15) is 111 Å². The predicted octanol–water partition coefficient (Wildman–Crippen LogP) is 5.23. The Morgan fingerprint density at radius 1 is 0.912 bits per heavy atom. The highest BCUT2D eigenvalue weighted by Crippen LogP contribution is 2.38. The van der Waals surface area contributed by atoms with Gasteiger partial charge in [0.05, 0.1) is 23.1 Å². The van der Waals surface area contributed by atoms with Crippen molar-refractivity contribution in [2.45, 2.75) is 88.1 Å². The molecule has 34 heavy (non-hydrogen) atoms. The Morgan fingerprint density at radius 3 is 2.56 bits per heavy atom. The summed E-state index contributed by atoms with van der Waals surface area (Å²) in [4.78, 5) is 29.9.